The summed E-state index contributed by atoms with van der Waals surface area (Å²) in [5.41, 5.74) is 3.75. The lowest BCUT2D eigenvalue weighted by Gasteiger charge is -2.45. The second-order valence-electron chi connectivity index (χ2n) is 5.57. The number of benzene rings is 1. The fraction of sp³-hybridized carbons (Fsp3) is 0.533. The van der Waals surface area contributed by atoms with Crippen molar-refractivity contribution < 1.29 is 4.79 Å². The van der Waals surface area contributed by atoms with Gasteiger partial charge in [0.05, 0.1) is 12.6 Å². The molecule has 2 aliphatic heterocycles. The average molecular weight is 259 g/mol. The van der Waals surface area contributed by atoms with E-state index in [9.17, 15) is 4.79 Å². The number of nitrogens with one attached hydrogen (secondary N) is 1. The molecular formula is C15H21N3O. The maximum absolute atomic E-state index is 12.3. The number of para-hydroxylation sites is 1. The van der Waals surface area contributed by atoms with E-state index in [2.05, 4.69) is 42.3 Å². The monoisotopic (exact) mass is 259 g/mol. The third kappa shape index (κ3) is 2.21. The molecule has 0 aliphatic carbocycles. The minimum absolute atomic E-state index is 0.264. The summed E-state index contributed by atoms with van der Waals surface area (Å²) in [4.78, 5) is 16.6. The summed E-state index contributed by atoms with van der Waals surface area (Å²) in [6.07, 6.45) is 0. The Morgan fingerprint density at radius 2 is 2.00 bits per heavy atom. The van der Waals surface area contributed by atoms with Crippen molar-refractivity contribution >= 4 is 11.6 Å². The maximum atomic E-state index is 12.3. The molecule has 2 aliphatic rings. The van der Waals surface area contributed by atoms with E-state index in [0.29, 0.717) is 12.6 Å². The fourth-order valence-electron chi connectivity index (χ4n) is 3.30. The number of aryl methyl sites for hydroxylation is 2. The van der Waals surface area contributed by atoms with Crippen molar-refractivity contribution in [3.63, 3.8) is 0 Å². The Morgan fingerprint density at radius 3 is 2.74 bits per heavy atom. The first-order valence-electron chi connectivity index (χ1n) is 6.98. The molecule has 19 heavy (non-hydrogen) atoms. The van der Waals surface area contributed by atoms with Crippen LogP contribution >= 0.6 is 0 Å². The second kappa shape index (κ2) is 4.85. The number of fused-ring (bicyclic) bond motifs is 1. The number of hydrogen-bond donors (Lipinski definition) is 1. The highest BCUT2D eigenvalue weighted by atomic mass is 16.2. The first-order chi connectivity index (χ1) is 9.16. The summed E-state index contributed by atoms with van der Waals surface area (Å²) in [5.74, 6) is 0.264. The Hall–Kier alpha value is -1.55. The highest BCUT2D eigenvalue weighted by Gasteiger charge is 2.34. The molecule has 0 bridgehead atoms. The average Bonchev–Trinajstić information content (AvgIpc) is 2.38. The SMILES string of the molecule is Cc1cccc(C)c1N1CC(=O)N2CCNCC2C1. The van der Waals surface area contributed by atoms with Crippen LogP contribution in [-0.2, 0) is 4.79 Å². The van der Waals surface area contributed by atoms with Gasteiger partial charge in [0, 0.05) is 31.9 Å². The lowest BCUT2D eigenvalue weighted by atomic mass is 10.0. The van der Waals surface area contributed by atoms with Crippen molar-refractivity contribution in [2.45, 2.75) is 19.9 Å². The van der Waals surface area contributed by atoms with E-state index in [-0.39, 0.29) is 5.91 Å². The van der Waals surface area contributed by atoms with Gasteiger partial charge < -0.3 is 15.1 Å². The van der Waals surface area contributed by atoms with Gasteiger partial charge in [0.25, 0.3) is 0 Å². The molecule has 4 heteroatoms. The number of anilines is 1. The van der Waals surface area contributed by atoms with Crippen LogP contribution in [0, 0.1) is 13.8 Å². The quantitative estimate of drug-likeness (QED) is 0.815. The third-order valence-corrected chi connectivity index (χ3v) is 4.18. The number of hydrogen-bond acceptors (Lipinski definition) is 3. The molecule has 1 N–H and O–H groups in total. The zero-order chi connectivity index (χ0) is 13.4. The fourth-order valence-corrected chi connectivity index (χ4v) is 3.30. The molecule has 2 saturated heterocycles. The van der Waals surface area contributed by atoms with Crippen molar-refractivity contribution in [3.05, 3.63) is 29.3 Å². The van der Waals surface area contributed by atoms with Crippen LogP contribution in [0.5, 0.6) is 0 Å². The van der Waals surface area contributed by atoms with Crippen LogP contribution < -0.4 is 10.2 Å². The van der Waals surface area contributed by atoms with Gasteiger partial charge in [-0.2, -0.15) is 0 Å². The van der Waals surface area contributed by atoms with E-state index in [1.54, 1.807) is 0 Å². The van der Waals surface area contributed by atoms with Crippen LogP contribution in [0.2, 0.25) is 0 Å². The number of carbonyl (C=O) groups excluding carboxylic acids is 1. The second-order valence-corrected chi connectivity index (χ2v) is 5.57. The molecule has 2 heterocycles. The topological polar surface area (TPSA) is 35.6 Å². The van der Waals surface area contributed by atoms with Gasteiger partial charge in [-0.15, -0.1) is 0 Å². The van der Waals surface area contributed by atoms with Gasteiger partial charge in [0.15, 0.2) is 0 Å². The molecule has 4 nitrogen and oxygen atoms in total. The van der Waals surface area contributed by atoms with Gasteiger partial charge in [-0.05, 0) is 25.0 Å². The van der Waals surface area contributed by atoms with Crippen molar-refractivity contribution in [2.75, 3.05) is 37.6 Å². The minimum atomic E-state index is 0.264. The van der Waals surface area contributed by atoms with Gasteiger partial charge in [-0.1, -0.05) is 18.2 Å². The van der Waals surface area contributed by atoms with Crippen LogP contribution in [0.4, 0.5) is 5.69 Å². The van der Waals surface area contributed by atoms with Crippen molar-refractivity contribution in [1.29, 1.82) is 0 Å². The Labute approximate surface area is 114 Å². The van der Waals surface area contributed by atoms with Crippen molar-refractivity contribution in [3.8, 4) is 0 Å². The smallest absolute Gasteiger partial charge is 0.242 e. The van der Waals surface area contributed by atoms with Crippen LogP contribution in [0.15, 0.2) is 18.2 Å². The van der Waals surface area contributed by atoms with Gasteiger partial charge in [-0.25, -0.2) is 0 Å². The molecule has 102 valence electrons. The molecule has 0 saturated carbocycles. The Kier molecular flexibility index (Phi) is 3.19. The third-order valence-electron chi connectivity index (χ3n) is 4.18. The predicted molar refractivity (Wildman–Crippen MR) is 76.5 cm³/mol. The molecule has 1 atom stereocenters. The maximum Gasteiger partial charge on any atom is 0.242 e. The molecule has 1 amide bonds. The Morgan fingerprint density at radius 1 is 1.26 bits per heavy atom. The Balaban J connectivity index is 1.88. The molecule has 1 aromatic carbocycles. The highest BCUT2D eigenvalue weighted by molar-refractivity contribution is 5.84. The van der Waals surface area contributed by atoms with E-state index >= 15 is 0 Å². The van der Waals surface area contributed by atoms with E-state index in [4.69, 9.17) is 0 Å². The first-order valence-corrected chi connectivity index (χ1v) is 6.98. The number of nitrogens with zero attached hydrogens (tertiary/aromatic N) is 2. The normalized spacial score (nSPS) is 23.5. The highest BCUT2D eigenvalue weighted by Crippen LogP contribution is 2.27. The number of amides is 1. The number of rotatable bonds is 1. The van der Waals surface area contributed by atoms with E-state index in [1.807, 2.05) is 4.90 Å². The minimum Gasteiger partial charge on any atom is -0.360 e. The van der Waals surface area contributed by atoms with Crippen LogP contribution in [0.3, 0.4) is 0 Å². The number of carbonyl (C=O) groups is 1. The van der Waals surface area contributed by atoms with Gasteiger partial charge in [0.2, 0.25) is 5.91 Å². The number of piperazine rings is 2. The molecule has 0 radical (unpaired) electrons. The zero-order valence-corrected chi connectivity index (χ0v) is 11.6. The molecule has 2 fully saturated rings. The zero-order valence-electron chi connectivity index (χ0n) is 11.6. The summed E-state index contributed by atoms with van der Waals surface area (Å²) in [6, 6.07) is 6.64. The van der Waals surface area contributed by atoms with E-state index in [1.165, 1.54) is 16.8 Å². The first kappa shape index (κ1) is 12.5. The summed E-state index contributed by atoms with van der Waals surface area (Å²) >= 11 is 0. The largest absolute Gasteiger partial charge is 0.360 e. The van der Waals surface area contributed by atoms with E-state index in [0.717, 1.165) is 26.2 Å². The summed E-state index contributed by atoms with van der Waals surface area (Å²) in [6.45, 7) is 8.38. The molecule has 1 unspecified atom stereocenters. The Bertz CT molecular complexity index is 480. The molecule has 0 spiro atoms. The van der Waals surface area contributed by atoms with Gasteiger partial charge in [0.1, 0.15) is 0 Å². The van der Waals surface area contributed by atoms with E-state index < -0.39 is 0 Å². The van der Waals surface area contributed by atoms with Crippen molar-refractivity contribution in [1.82, 2.24) is 10.2 Å². The molecule has 3 rings (SSSR count). The standard InChI is InChI=1S/C15H21N3O/c1-11-4-3-5-12(2)15(11)17-9-13-8-16-6-7-18(13)14(19)10-17/h3-5,13,16H,6-10H2,1-2H3. The lowest BCUT2D eigenvalue weighted by molar-refractivity contribution is -0.134. The molecule has 1 aromatic rings. The van der Waals surface area contributed by atoms with Gasteiger partial charge in [-0.3, -0.25) is 4.79 Å². The summed E-state index contributed by atoms with van der Waals surface area (Å²) in [7, 11) is 0. The van der Waals surface area contributed by atoms with Crippen LogP contribution in [0.1, 0.15) is 11.1 Å². The molecule has 0 aromatic heterocycles. The van der Waals surface area contributed by atoms with Crippen molar-refractivity contribution in [2.24, 2.45) is 0 Å². The lowest BCUT2D eigenvalue weighted by Crippen LogP contribution is -2.63. The van der Waals surface area contributed by atoms with Gasteiger partial charge >= 0.3 is 0 Å². The summed E-state index contributed by atoms with van der Waals surface area (Å²) in [5, 5.41) is 3.39. The van der Waals surface area contributed by atoms with Crippen LogP contribution in [-0.4, -0.2) is 49.6 Å². The van der Waals surface area contributed by atoms with Crippen LogP contribution in [0.25, 0.3) is 0 Å². The molecular weight excluding hydrogens is 238 g/mol. The predicted octanol–water partition coefficient (Wildman–Crippen LogP) is 0.924. The summed E-state index contributed by atoms with van der Waals surface area (Å²) < 4.78 is 0.